The molecular weight excluding hydrogens is 354 g/mol. The van der Waals surface area contributed by atoms with Crippen LogP contribution in [-0.2, 0) is 10.6 Å². The normalized spacial score (nSPS) is 19.9. The first kappa shape index (κ1) is 17.2. The molecule has 1 unspecified atom stereocenters. The van der Waals surface area contributed by atoms with E-state index in [0.717, 1.165) is 11.3 Å². The maximum atomic E-state index is 13.6. The first-order valence-corrected chi connectivity index (χ1v) is 8.88. The molecule has 0 bridgehead atoms. The Hall–Kier alpha value is -1.66. The molecular formula is C17H15ClF2N2OS. The smallest absolute Gasteiger partial charge is 0.149 e. The molecule has 7 heteroatoms. The highest BCUT2D eigenvalue weighted by atomic mass is 35.5. The van der Waals surface area contributed by atoms with Crippen molar-refractivity contribution in [2.45, 2.75) is 24.7 Å². The van der Waals surface area contributed by atoms with Crippen LogP contribution in [0.4, 0.5) is 8.78 Å². The van der Waals surface area contributed by atoms with Crippen LogP contribution in [0.2, 0.25) is 5.15 Å². The van der Waals surface area contributed by atoms with E-state index in [-0.39, 0.29) is 11.3 Å². The average Bonchev–Trinajstić information content (AvgIpc) is 2.93. The first-order valence-electron chi connectivity index (χ1n) is 7.35. The third kappa shape index (κ3) is 3.70. The van der Waals surface area contributed by atoms with Gasteiger partial charge in [-0.05, 0) is 31.2 Å². The number of halogens is 3. The monoisotopic (exact) mass is 368 g/mol. The van der Waals surface area contributed by atoms with Crippen molar-refractivity contribution in [2.75, 3.05) is 5.75 Å². The van der Waals surface area contributed by atoms with E-state index in [9.17, 15) is 8.78 Å². The highest BCUT2D eigenvalue weighted by Gasteiger charge is 2.35. The summed E-state index contributed by atoms with van der Waals surface area (Å²) in [6.45, 7) is 1.92. The molecule has 0 fully saturated rings. The highest BCUT2D eigenvalue weighted by molar-refractivity contribution is 7.98. The summed E-state index contributed by atoms with van der Waals surface area (Å²) in [5, 5.41) is 4.49. The van der Waals surface area contributed by atoms with Crippen LogP contribution in [0.3, 0.4) is 0 Å². The number of oxime groups is 1. The Bertz CT molecular complexity index is 767. The van der Waals surface area contributed by atoms with Crippen LogP contribution in [0.25, 0.3) is 0 Å². The van der Waals surface area contributed by atoms with Gasteiger partial charge in [0.1, 0.15) is 22.4 Å². The Morgan fingerprint density at radius 3 is 2.71 bits per heavy atom. The Morgan fingerprint density at radius 2 is 2.00 bits per heavy atom. The lowest BCUT2D eigenvalue weighted by Gasteiger charge is -2.21. The van der Waals surface area contributed by atoms with Crippen molar-refractivity contribution in [3.05, 3.63) is 64.4 Å². The number of pyridine rings is 1. The van der Waals surface area contributed by atoms with Crippen molar-refractivity contribution < 1.29 is 13.6 Å². The van der Waals surface area contributed by atoms with Gasteiger partial charge >= 0.3 is 0 Å². The molecule has 0 radical (unpaired) electrons. The summed E-state index contributed by atoms with van der Waals surface area (Å²) in [5.41, 5.74) is 1.02. The molecule has 0 saturated carbocycles. The molecule has 1 aliphatic rings. The van der Waals surface area contributed by atoms with Crippen LogP contribution in [-0.4, -0.2) is 22.0 Å². The quantitative estimate of drug-likeness (QED) is 0.709. The second kappa shape index (κ2) is 7.07. The number of aromatic nitrogens is 1. The second-order valence-electron chi connectivity index (χ2n) is 5.79. The summed E-state index contributed by atoms with van der Waals surface area (Å²) >= 11 is 7.49. The van der Waals surface area contributed by atoms with E-state index in [1.807, 2.05) is 13.0 Å². The van der Waals surface area contributed by atoms with Crippen molar-refractivity contribution in [3.63, 3.8) is 0 Å². The van der Waals surface area contributed by atoms with Gasteiger partial charge in [-0.2, -0.15) is 11.8 Å². The topological polar surface area (TPSA) is 34.5 Å². The zero-order valence-electron chi connectivity index (χ0n) is 12.9. The van der Waals surface area contributed by atoms with Gasteiger partial charge in [0.15, 0.2) is 0 Å². The van der Waals surface area contributed by atoms with Crippen LogP contribution in [0, 0.1) is 11.6 Å². The fourth-order valence-electron chi connectivity index (χ4n) is 2.45. The molecule has 0 spiro atoms. The molecule has 2 heterocycles. The van der Waals surface area contributed by atoms with Crippen LogP contribution in [0.5, 0.6) is 0 Å². The number of thioether (sulfide) groups is 1. The van der Waals surface area contributed by atoms with Crippen LogP contribution in [0.15, 0.2) is 41.7 Å². The molecule has 24 heavy (non-hydrogen) atoms. The van der Waals surface area contributed by atoms with E-state index in [0.29, 0.717) is 17.3 Å². The third-order valence-electron chi connectivity index (χ3n) is 3.70. The van der Waals surface area contributed by atoms with Gasteiger partial charge in [0.25, 0.3) is 0 Å². The van der Waals surface area contributed by atoms with Crippen molar-refractivity contribution in [2.24, 2.45) is 5.16 Å². The van der Waals surface area contributed by atoms with Crippen LogP contribution in [0.1, 0.15) is 24.5 Å². The summed E-state index contributed by atoms with van der Waals surface area (Å²) in [6, 6.07) is 7.51. The Kier molecular flexibility index (Phi) is 5.06. The van der Waals surface area contributed by atoms with Gasteiger partial charge in [0.05, 0.1) is 5.71 Å². The number of hydrogen-bond donors (Lipinski definition) is 0. The van der Waals surface area contributed by atoms with Gasteiger partial charge in [-0.15, -0.1) is 0 Å². The number of rotatable bonds is 5. The Labute approximate surface area is 148 Å². The average molecular weight is 369 g/mol. The lowest BCUT2D eigenvalue weighted by Crippen LogP contribution is -2.28. The predicted molar refractivity (Wildman–Crippen MR) is 92.4 cm³/mol. The van der Waals surface area contributed by atoms with E-state index in [2.05, 4.69) is 10.1 Å². The molecule has 1 aromatic heterocycles. The molecule has 126 valence electrons. The Morgan fingerprint density at radius 1 is 1.25 bits per heavy atom. The molecule has 3 rings (SSSR count). The fraction of sp³-hybridized carbons (Fsp3) is 0.294. The van der Waals surface area contributed by atoms with Crippen molar-refractivity contribution in [3.8, 4) is 0 Å². The number of benzene rings is 1. The summed E-state index contributed by atoms with van der Waals surface area (Å²) < 4.78 is 27.3. The van der Waals surface area contributed by atoms with Gasteiger partial charge < -0.3 is 4.84 Å². The molecule has 1 aromatic carbocycles. The van der Waals surface area contributed by atoms with Crippen molar-refractivity contribution in [1.29, 1.82) is 0 Å². The minimum atomic E-state index is -0.541. The van der Waals surface area contributed by atoms with Crippen LogP contribution < -0.4 is 0 Å². The second-order valence-corrected chi connectivity index (χ2v) is 7.13. The van der Waals surface area contributed by atoms with E-state index in [1.165, 1.54) is 30.0 Å². The largest absolute Gasteiger partial charge is 0.388 e. The predicted octanol–water partition coefficient (Wildman–Crippen LogP) is 4.83. The summed E-state index contributed by atoms with van der Waals surface area (Å²) in [6.07, 6.45) is 2.17. The van der Waals surface area contributed by atoms with E-state index >= 15 is 0 Å². The molecule has 1 aliphatic heterocycles. The van der Waals surface area contributed by atoms with E-state index in [4.69, 9.17) is 16.4 Å². The first-order chi connectivity index (χ1) is 11.5. The lowest BCUT2D eigenvalue weighted by atomic mass is 9.99. The lowest BCUT2D eigenvalue weighted by molar-refractivity contribution is 0.0163. The van der Waals surface area contributed by atoms with E-state index < -0.39 is 17.2 Å². The van der Waals surface area contributed by atoms with Crippen molar-refractivity contribution >= 4 is 29.1 Å². The van der Waals surface area contributed by atoms with Crippen LogP contribution >= 0.6 is 23.4 Å². The zero-order chi connectivity index (χ0) is 17.2. The molecule has 1 atom stereocenters. The molecule has 0 saturated heterocycles. The van der Waals surface area contributed by atoms with Gasteiger partial charge in [0.2, 0.25) is 0 Å². The van der Waals surface area contributed by atoms with Gasteiger partial charge in [0, 0.05) is 35.3 Å². The number of nitrogens with zero attached hydrogens (tertiary/aromatic N) is 2. The molecule has 0 aliphatic carbocycles. The molecule has 2 aromatic rings. The molecule has 0 N–H and O–H groups in total. The van der Waals surface area contributed by atoms with Gasteiger partial charge in [-0.1, -0.05) is 22.8 Å². The minimum Gasteiger partial charge on any atom is -0.388 e. The third-order valence-corrected chi connectivity index (χ3v) is 5.31. The van der Waals surface area contributed by atoms with Crippen molar-refractivity contribution in [1.82, 2.24) is 4.98 Å². The molecule has 3 nitrogen and oxygen atoms in total. The summed E-state index contributed by atoms with van der Waals surface area (Å²) in [7, 11) is 0. The summed E-state index contributed by atoms with van der Waals surface area (Å²) in [5.74, 6) is -0.273. The minimum absolute atomic E-state index is 0.0838. The fourth-order valence-corrected chi connectivity index (χ4v) is 3.84. The SMILES string of the molecule is CC1(CSCc2c(F)cccc2F)CC(c2cccnc2Cl)=NO1. The zero-order valence-corrected chi connectivity index (χ0v) is 14.5. The van der Waals surface area contributed by atoms with Gasteiger partial charge in [-0.25, -0.2) is 13.8 Å². The molecule has 0 amide bonds. The maximum absolute atomic E-state index is 13.6. The summed E-state index contributed by atoms with van der Waals surface area (Å²) in [4.78, 5) is 9.59. The highest BCUT2D eigenvalue weighted by Crippen LogP contribution is 2.32. The standard InChI is InChI=1S/C17H15ClF2N2OS/c1-17(10-24-9-12-13(19)5-2-6-14(12)20)8-15(22-23-17)11-4-3-7-21-16(11)18/h2-7H,8-10H2,1H3. The Balaban J connectivity index is 1.60. The maximum Gasteiger partial charge on any atom is 0.149 e. The number of hydrogen-bond acceptors (Lipinski definition) is 4. The van der Waals surface area contributed by atoms with E-state index in [1.54, 1.807) is 12.3 Å². The van der Waals surface area contributed by atoms with Gasteiger partial charge in [-0.3, -0.25) is 0 Å².